The van der Waals surface area contributed by atoms with Crippen molar-refractivity contribution in [3.05, 3.63) is 35.1 Å². The lowest BCUT2D eigenvalue weighted by Gasteiger charge is -2.19. The van der Waals surface area contributed by atoms with Crippen molar-refractivity contribution in [1.29, 1.82) is 0 Å². The van der Waals surface area contributed by atoms with E-state index in [9.17, 15) is 9.50 Å². The summed E-state index contributed by atoms with van der Waals surface area (Å²) in [4.78, 5) is 1.90. The van der Waals surface area contributed by atoms with Crippen LogP contribution in [0, 0.1) is 5.82 Å². The van der Waals surface area contributed by atoms with Crippen LogP contribution in [0.2, 0.25) is 0 Å². The van der Waals surface area contributed by atoms with Gasteiger partial charge in [-0.3, -0.25) is 0 Å². The Balaban J connectivity index is 2.98. The summed E-state index contributed by atoms with van der Waals surface area (Å²) in [6.07, 6.45) is 0. The minimum Gasteiger partial charge on any atom is -0.386 e. The summed E-state index contributed by atoms with van der Waals surface area (Å²) in [6.45, 7) is 3.86. The number of hydrogen-bond acceptors (Lipinski definition) is 2. The second kappa shape index (κ2) is 4.29. The maximum Gasteiger partial charge on any atom is 0.128 e. The largest absolute Gasteiger partial charge is 0.386 e. The van der Waals surface area contributed by atoms with Crippen molar-refractivity contribution in [2.45, 2.75) is 26.0 Å². The molecule has 0 radical (unpaired) electrons. The molecule has 0 aliphatic heterocycles. The SMILES string of the molecule is CN(C)Cc1ccc(C(C)(C)O)cc1F. The Kier molecular flexibility index (Phi) is 3.47. The molecule has 1 N–H and O–H groups in total. The van der Waals surface area contributed by atoms with Crippen LogP contribution in [0.15, 0.2) is 18.2 Å². The first kappa shape index (κ1) is 12.1. The first-order valence-electron chi connectivity index (χ1n) is 4.96. The molecule has 0 unspecified atom stereocenters. The Labute approximate surface area is 90.3 Å². The predicted molar refractivity (Wildman–Crippen MR) is 59.0 cm³/mol. The fourth-order valence-electron chi connectivity index (χ4n) is 1.40. The summed E-state index contributed by atoms with van der Waals surface area (Å²) in [5.41, 5.74) is 0.257. The molecule has 2 nitrogen and oxygen atoms in total. The Morgan fingerprint density at radius 2 is 1.93 bits per heavy atom. The molecule has 0 saturated carbocycles. The van der Waals surface area contributed by atoms with Crippen LogP contribution in [0.1, 0.15) is 25.0 Å². The summed E-state index contributed by atoms with van der Waals surface area (Å²) < 4.78 is 13.6. The Hall–Kier alpha value is -0.930. The van der Waals surface area contributed by atoms with E-state index in [4.69, 9.17) is 0 Å². The molecule has 84 valence electrons. The Morgan fingerprint density at radius 3 is 2.33 bits per heavy atom. The van der Waals surface area contributed by atoms with Crippen LogP contribution in [0.4, 0.5) is 4.39 Å². The molecule has 0 aliphatic carbocycles. The van der Waals surface area contributed by atoms with Gasteiger partial charge in [0.25, 0.3) is 0 Å². The molecule has 0 atom stereocenters. The number of aliphatic hydroxyl groups is 1. The summed E-state index contributed by atoms with van der Waals surface area (Å²) >= 11 is 0. The van der Waals surface area contributed by atoms with Crippen molar-refractivity contribution in [3.63, 3.8) is 0 Å². The molecular formula is C12H18FNO. The van der Waals surface area contributed by atoms with E-state index < -0.39 is 5.60 Å². The maximum atomic E-state index is 13.6. The third kappa shape index (κ3) is 3.29. The van der Waals surface area contributed by atoms with Gasteiger partial charge >= 0.3 is 0 Å². The predicted octanol–water partition coefficient (Wildman–Crippen LogP) is 2.11. The monoisotopic (exact) mass is 211 g/mol. The third-order valence-electron chi connectivity index (χ3n) is 2.25. The number of halogens is 1. The van der Waals surface area contributed by atoms with Gasteiger partial charge in [0.15, 0.2) is 0 Å². The van der Waals surface area contributed by atoms with Gasteiger partial charge in [-0.25, -0.2) is 4.39 Å². The van der Waals surface area contributed by atoms with E-state index in [2.05, 4.69) is 0 Å². The lowest BCUT2D eigenvalue weighted by atomic mass is 9.97. The molecule has 0 fully saturated rings. The van der Waals surface area contributed by atoms with E-state index >= 15 is 0 Å². The summed E-state index contributed by atoms with van der Waals surface area (Å²) in [6, 6.07) is 4.89. The van der Waals surface area contributed by atoms with E-state index in [1.165, 1.54) is 6.07 Å². The lowest BCUT2D eigenvalue weighted by molar-refractivity contribution is 0.0782. The first-order valence-corrected chi connectivity index (χ1v) is 4.96. The van der Waals surface area contributed by atoms with Crippen LogP contribution in [-0.4, -0.2) is 24.1 Å². The highest BCUT2D eigenvalue weighted by atomic mass is 19.1. The fourth-order valence-corrected chi connectivity index (χ4v) is 1.40. The normalized spacial score (nSPS) is 12.2. The van der Waals surface area contributed by atoms with Crippen LogP contribution in [0.5, 0.6) is 0 Å². The highest BCUT2D eigenvalue weighted by Gasteiger charge is 2.17. The van der Waals surface area contributed by atoms with Crippen molar-refractivity contribution >= 4 is 0 Å². The van der Waals surface area contributed by atoms with Crippen LogP contribution in [-0.2, 0) is 12.1 Å². The minimum absolute atomic E-state index is 0.261. The molecule has 0 bridgehead atoms. The highest BCUT2D eigenvalue weighted by Crippen LogP contribution is 2.22. The Morgan fingerprint density at radius 1 is 1.33 bits per heavy atom. The first-order chi connectivity index (χ1) is 6.80. The van der Waals surface area contributed by atoms with E-state index in [1.54, 1.807) is 26.0 Å². The zero-order valence-corrected chi connectivity index (χ0v) is 9.71. The Bertz CT molecular complexity index is 342. The van der Waals surface area contributed by atoms with Gasteiger partial charge in [0.05, 0.1) is 5.60 Å². The topological polar surface area (TPSA) is 23.5 Å². The van der Waals surface area contributed by atoms with Crippen LogP contribution < -0.4 is 0 Å². The lowest BCUT2D eigenvalue weighted by Crippen LogP contribution is -2.17. The fraction of sp³-hybridized carbons (Fsp3) is 0.500. The summed E-state index contributed by atoms with van der Waals surface area (Å²) in [5, 5.41) is 9.71. The molecule has 0 aromatic heterocycles. The zero-order chi connectivity index (χ0) is 11.6. The number of nitrogens with zero attached hydrogens (tertiary/aromatic N) is 1. The van der Waals surface area contributed by atoms with Gasteiger partial charge in [-0.15, -0.1) is 0 Å². The molecule has 1 rings (SSSR count). The summed E-state index contributed by atoms with van der Waals surface area (Å²) in [5.74, 6) is -0.261. The average Bonchev–Trinajstić information content (AvgIpc) is 2.05. The third-order valence-corrected chi connectivity index (χ3v) is 2.25. The molecule has 1 aromatic carbocycles. The summed E-state index contributed by atoms with van der Waals surface area (Å²) in [7, 11) is 3.78. The zero-order valence-electron chi connectivity index (χ0n) is 9.71. The second-order valence-electron chi connectivity index (χ2n) is 4.60. The number of rotatable bonds is 3. The van der Waals surface area contributed by atoms with Crippen LogP contribution >= 0.6 is 0 Å². The molecule has 0 saturated heterocycles. The van der Waals surface area contributed by atoms with Gasteiger partial charge in [0.2, 0.25) is 0 Å². The van der Waals surface area contributed by atoms with Crippen molar-refractivity contribution in [1.82, 2.24) is 4.90 Å². The van der Waals surface area contributed by atoms with Crippen molar-refractivity contribution < 1.29 is 9.50 Å². The van der Waals surface area contributed by atoms with E-state index in [0.717, 1.165) is 0 Å². The van der Waals surface area contributed by atoms with Crippen molar-refractivity contribution in [2.75, 3.05) is 14.1 Å². The number of hydrogen-bond donors (Lipinski definition) is 1. The quantitative estimate of drug-likeness (QED) is 0.827. The maximum absolute atomic E-state index is 13.6. The van der Waals surface area contributed by atoms with Gasteiger partial charge in [0, 0.05) is 12.1 Å². The van der Waals surface area contributed by atoms with Gasteiger partial charge in [-0.1, -0.05) is 12.1 Å². The molecule has 0 aliphatic rings. The molecule has 1 aromatic rings. The molecule has 0 amide bonds. The van der Waals surface area contributed by atoms with Gasteiger partial charge in [-0.2, -0.15) is 0 Å². The van der Waals surface area contributed by atoms with Crippen molar-refractivity contribution in [3.8, 4) is 0 Å². The highest BCUT2D eigenvalue weighted by molar-refractivity contribution is 5.27. The molecule has 15 heavy (non-hydrogen) atoms. The van der Waals surface area contributed by atoms with E-state index in [1.807, 2.05) is 19.0 Å². The van der Waals surface area contributed by atoms with Gasteiger partial charge < -0.3 is 10.0 Å². The average molecular weight is 211 g/mol. The molecule has 0 heterocycles. The second-order valence-corrected chi connectivity index (χ2v) is 4.60. The van der Waals surface area contributed by atoms with E-state index in [-0.39, 0.29) is 5.82 Å². The minimum atomic E-state index is -0.989. The van der Waals surface area contributed by atoms with Gasteiger partial charge in [0.1, 0.15) is 5.82 Å². The molecular weight excluding hydrogens is 193 g/mol. The molecule has 0 spiro atoms. The smallest absolute Gasteiger partial charge is 0.128 e. The number of benzene rings is 1. The van der Waals surface area contributed by atoms with Crippen LogP contribution in [0.3, 0.4) is 0 Å². The standard InChI is InChI=1S/C12H18FNO/c1-12(2,15)10-6-5-9(8-14(3)4)11(13)7-10/h5-7,15H,8H2,1-4H3. The van der Waals surface area contributed by atoms with Gasteiger partial charge in [-0.05, 0) is 39.6 Å². The van der Waals surface area contributed by atoms with Crippen molar-refractivity contribution in [2.24, 2.45) is 0 Å². The molecule has 3 heteroatoms. The van der Waals surface area contributed by atoms with Crippen LogP contribution in [0.25, 0.3) is 0 Å². The van der Waals surface area contributed by atoms with E-state index in [0.29, 0.717) is 17.7 Å².